The zero-order valence-electron chi connectivity index (χ0n) is 11.4. The molecule has 0 spiro atoms. The third kappa shape index (κ3) is 2.86. The van der Waals surface area contributed by atoms with E-state index in [0.29, 0.717) is 6.04 Å². The standard InChI is InChI=1S/C15H21N3/c1-16-15(8-10-18(2)3)14-6-4-5-12-11-17-9-7-13(12)14/h4-7,9,11,15-16H,8,10H2,1-3H3. The zero-order chi connectivity index (χ0) is 13.0. The minimum atomic E-state index is 0.387. The van der Waals surface area contributed by atoms with E-state index in [9.17, 15) is 0 Å². The van der Waals surface area contributed by atoms with Gasteiger partial charge in [-0.1, -0.05) is 18.2 Å². The van der Waals surface area contributed by atoms with Crippen LogP contribution in [0.2, 0.25) is 0 Å². The van der Waals surface area contributed by atoms with Gasteiger partial charge in [0.25, 0.3) is 0 Å². The normalized spacial score (nSPS) is 13.1. The van der Waals surface area contributed by atoms with Gasteiger partial charge in [0, 0.05) is 23.8 Å². The van der Waals surface area contributed by atoms with Gasteiger partial charge in [-0.05, 0) is 51.1 Å². The molecule has 1 heterocycles. The fraction of sp³-hybridized carbons (Fsp3) is 0.400. The first kappa shape index (κ1) is 13.0. The Kier molecular flexibility index (Phi) is 4.28. The molecule has 96 valence electrons. The summed E-state index contributed by atoms with van der Waals surface area (Å²) in [5.41, 5.74) is 1.36. The Morgan fingerprint density at radius 3 is 2.83 bits per heavy atom. The van der Waals surface area contributed by atoms with Crippen LogP contribution in [0.4, 0.5) is 0 Å². The molecule has 2 rings (SSSR count). The van der Waals surface area contributed by atoms with Crippen LogP contribution in [0.1, 0.15) is 18.0 Å². The van der Waals surface area contributed by atoms with Crippen molar-refractivity contribution in [2.24, 2.45) is 0 Å². The average Bonchev–Trinajstić information content (AvgIpc) is 2.39. The molecule has 0 saturated carbocycles. The minimum absolute atomic E-state index is 0.387. The molecule has 18 heavy (non-hydrogen) atoms. The average molecular weight is 243 g/mol. The SMILES string of the molecule is CNC(CCN(C)C)c1cccc2cnccc12. The van der Waals surface area contributed by atoms with E-state index in [1.807, 2.05) is 19.4 Å². The number of nitrogens with one attached hydrogen (secondary N) is 1. The summed E-state index contributed by atoms with van der Waals surface area (Å²) in [6.45, 7) is 1.08. The lowest BCUT2D eigenvalue weighted by Crippen LogP contribution is -2.23. The minimum Gasteiger partial charge on any atom is -0.313 e. The molecule has 0 aliphatic carbocycles. The summed E-state index contributed by atoms with van der Waals surface area (Å²) in [5, 5.41) is 5.92. The third-order valence-corrected chi connectivity index (χ3v) is 3.30. The Hall–Kier alpha value is -1.45. The molecule has 0 saturated heterocycles. The zero-order valence-corrected chi connectivity index (χ0v) is 11.4. The molecule has 1 atom stereocenters. The Morgan fingerprint density at radius 2 is 2.11 bits per heavy atom. The summed E-state index contributed by atoms with van der Waals surface area (Å²) in [7, 11) is 6.25. The second-order valence-corrected chi connectivity index (χ2v) is 4.88. The lowest BCUT2D eigenvalue weighted by atomic mass is 9.98. The Bertz CT molecular complexity index is 503. The van der Waals surface area contributed by atoms with Gasteiger partial charge in [0.1, 0.15) is 0 Å². The fourth-order valence-electron chi connectivity index (χ4n) is 2.29. The predicted octanol–water partition coefficient (Wildman–Crippen LogP) is 2.45. The summed E-state index contributed by atoms with van der Waals surface area (Å²) >= 11 is 0. The smallest absolute Gasteiger partial charge is 0.0346 e. The van der Waals surface area contributed by atoms with Gasteiger partial charge in [-0.25, -0.2) is 0 Å². The molecule has 3 heteroatoms. The van der Waals surface area contributed by atoms with E-state index in [-0.39, 0.29) is 0 Å². The molecule has 0 aliphatic heterocycles. The van der Waals surface area contributed by atoms with Crippen LogP contribution in [0.25, 0.3) is 10.8 Å². The van der Waals surface area contributed by atoms with Gasteiger partial charge in [0.15, 0.2) is 0 Å². The Balaban J connectivity index is 2.32. The lowest BCUT2D eigenvalue weighted by molar-refractivity contribution is 0.369. The highest BCUT2D eigenvalue weighted by molar-refractivity contribution is 5.85. The number of aromatic nitrogens is 1. The molecule has 2 aromatic rings. The summed E-state index contributed by atoms with van der Waals surface area (Å²) < 4.78 is 0. The molecule has 1 unspecified atom stereocenters. The van der Waals surface area contributed by atoms with Crippen molar-refractivity contribution in [3.8, 4) is 0 Å². The van der Waals surface area contributed by atoms with Crippen molar-refractivity contribution >= 4 is 10.8 Å². The molecular formula is C15H21N3. The quantitative estimate of drug-likeness (QED) is 0.874. The molecule has 1 N–H and O–H groups in total. The summed E-state index contributed by atoms with van der Waals surface area (Å²) in [5.74, 6) is 0. The molecule has 0 bridgehead atoms. The molecule has 0 amide bonds. The third-order valence-electron chi connectivity index (χ3n) is 3.30. The van der Waals surface area contributed by atoms with Crippen molar-refractivity contribution in [3.63, 3.8) is 0 Å². The van der Waals surface area contributed by atoms with Gasteiger partial charge >= 0.3 is 0 Å². The van der Waals surface area contributed by atoms with Crippen molar-refractivity contribution in [2.75, 3.05) is 27.7 Å². The molecule has 0 radical (unpaired) electrons. The van der Waals surface area contributed by atoms with Crippen LogP contribution < -0.4 is 5.32 Å². The number of hydrogen-bond donors (Lipinski definition) is 1. The highest BCUT2D eigenvalue weighted by Crippen LogP contribution is 2.25. The van der Waals surface area contributed by atoms with Crippen LogP contribution in [-0.4, -0.2) is 37.6 Å². The van der Waals surface area contributed by atoms with Crippen LogP contribution in [0, 0.1) is 0 Å². The number of hydrogen-bond acceptors (Lipinski definition) is 3. The van der Waals surface area contributed by atoms with Crippen molar-refractivity contribution in [1.82, 2.24) is 15.2 Å². The maximum Gasteiger partial charge on any atom is 0.0346 e. The predicted molar refractivity (Wildman–Crippen MR) is 76.7 cm³/mol. The van der Waals surface area contributed by atoms with Gasteiger partial charge < -0.3 is 10.2 Å². The number of pyridine rings is 1. The Labute approximate surface area is 109 Å². The van der Waals surface area contributed by atoms with E-state index < -0.39 is 0 Å². The number of benzene rings is 1. The molecular weight excluding hydrogens is 222 g/mol. The molecule has 0 aliphatic rings. The van der Waals surface area contributed by atoms with E-state index >= 15 is 0 Å². The largest absolute Gasteiger partial charge is 0.313 e. The monoisotopic (exact) mass is 243 g/mol. The van der Waals surface area contributed by atoms with Crippen molar-refractivity contribution in [3.05, 3.63) is 42.2 Å². The van der Waals surface area contributed by atoms with Gasteiger partial charge in [-0.2, -0.15) is 0 Å². The number of rotatable bonds is 5. The summed E-state index contributed by atoms with van der Waals surface area (Å²) in [4.78, 5) is 6.40. The van der Waals surface area contributed by atoms with Crippen LogP contribution in [-0.2, 0) is 0 Å². The van der Waals surface area contributed by atoms with Crippen LogP contribution in [0.15, 0.2) is 36.7 Å². The fourth-order valence-corrected chi connectivity index (χ4v) is 2.29. The van der Waals surface area contributed by atoms with Gasteiger partial charge in [0.05, 0.1) is 0 Å². The first-order valence-corrected chi connectivity index (χ1v) is 6.37. The highest BCUT2D eigenvalue weighted by Gasteiger charge is 2.12. The van der Waals surface area contributed by atoms with Gasteiger partial charge in [-0.15, -0.1) is 0 Å². The number of nitrogens with zero attached hydrogens (tertiary/aromatic N) is 2. The van der Waals surface area contributed by atoms with Crippen molar-refractivity contribution < 1.29 is 0 Å². The summed E-state index contributed by atoms with van der Waals surface area (Å²) in [6, 6.07) is 8.92. The van der Waals surface area contributed by atoms with E-state index in [0.717, 1.165) is 13.0 Å². The topological polar surface area (TPSA) is 28.2 Å². The molecule has 3 nitrogen and oxygen atoms in total. The van der Waals surface area contributed by atoms with Crippen LogP contribution in [0.3, 0.4) is 0 Å². The van der Waals surface area contributed by atoms with Crippen molar-refractivity contribution in [2.45, 2.75) is 12.5 Å². The van der Waals surface area contributed by atoms with E-state index in [1.54, 1.807) is 0 Å². The highest BCUT2D eigenvalue weighted by atomic mass is 15.1. The van der Waals surface area contributed by atoms with Crippen LogP contribution >= 0.6 is 0 Å². The van der Waals surface area contributed by atoms with E-state index in [1.165, 1.54) is 16.3 Å². The molecule has 0 fully saturated rings. The van der Waals surface area contributed by atoms with Crippen molar-refractivity contribution in [1.29, 1.82) is 0 Å². The summed E-state index contributed by atoms with van der Waals surface area (Å²) in [6.07, 6.45) is 4.90. The molecule has 1 aromatic carbocycles. The van der Waals surface area contributed by atoms with E-state index in [2.05, 4.69) is 53.6 Å². The second kappa shape index (κ2) is 5.94. The van der Waals surface area contributed by atoms with Crippen LogP contribution in [0.5, 0.6) is 0 Å². The first-order chi connectivity index (χ1) is 8.72. The maximum absolute atomic E-state index is 4.18. The second-order valence-electron chi connectivity index (χ2n) is 4.88. The van der Waals surface area contributed by atoms with Gasteiger partial charge in [0.2, 0.25) is 0 Å². The Morgan fingerprint density at radius 1 is 1.28 bits per heavy atom. The molecule has 1 aromatic heterocycles. The lowest BCUT2D eigenvalue weighted by Gasteiger charge is -2.20. The number of fused-ring (bicyclic) bond motifs is 1. The van der Waals surface area contributed by atoms with Gasteiger partial charge in [-0.3, -0.25) is 4.98 Å². The maximum atomic E-state index is 4.18. The first-order valence-electron chi connectivity index (χ1n) is 6.37. The van der Waals surface area contributed by atoms with E-state index in [4.69, 9.17) is 0 Å².